The number of carbonyl (C=O) groups is 1. The van der Waals surface area contributed by atoms with Crippen LogP contribution < -0.4 is 5.32 Å². The minimum absolute atomic E-state index is 0.0286. The SMILES string of the molecule is CCC(CC)(CO)NC(=O)CC(C)(C)OC. The Morgan fingerprint density at radius 3 is 2.12 bits per heavy atom. The molecule has 0 bridgehead atoms. The average molecular weight is 231 g/mol. The molecule has 0 aromatic heterocycles. The van der Waals surface area contributed by atoms with Gasteiger partial charge in [-0.1, -0.05) is 13.8 Å². The number of carbonyl (C=O) groups excluding carboxylic acids is 1. The fourth-order valence-electron chi connectivity index (χ4n) is 1.49. The molecule has 1 amide bonds. The van der Waals surface area contributed by atoms with E-state index in [1.807, 2.05) is 27.7 Å². The predicted octanol–water partition coefficient (Wildman–Crippen LogP) is 1.47. The molecule has 0 atom stereocenters. The van der Waals surface area contributed by atoms with Gasteiger partial charge in [-0.3, -0.25) is 4.79 Å². The van der Waals surface area contributed by atoms with Crippen molar-refractivity contribution in [3.05, 3.63) is 0 Å². The maximum Gasteiger partial charge on any atom is 0.223 e. The van der Waals surface area contributed by atoms with E-state index in [9.17, 15) is 9.90 Å². The third-order valence-electron chi connectivity index (χ3n) is 3.20. The van der Waals surface area contributed by atoms with E-state index in [0.29, 0.717) is 6.42 Å². The molecule has 4 nitrogen and oxygen atoms in total. The van der Waals surface area contributed by atoms with Crippen molar-refractivity contribution in [2.24, 2.45) is 0 Å². The summed E-state index contributed by atoms with van der Waals surface area (Å²) in [5, 5.41) is 12.2. The summed E-state index contributed by atoms with van der Waals surface area (Å²) in [4.78, 5) is 11.8. The highest BCUT2D eigenvalue weighted by molar-refractivity contribution is 5.77. The lowest BCUT2D eigenvalue weighted by Crippen LogP contribution is -2.51. The normalized spacial score (nSPS) is 12.6. The quantitative estimate of drug-likeness (QED) is 0.697. The van der Waals surface area contributed by atoms with Crippen molar-refractivity contribution in [2.75, 3.05) is 13.7 Å². The molecule has 0 radical (unpaired) electrons. The molecule has 4 heteroatoms. The van der Waals surface area contributed by atoms with Gasteiger partial charge in [-0.2, -0.15) is 0 Å². The van der Waals surface area contributed by atoms with Gasteiger partial charge < -0.3 is 15.2 Å². The van der Waals surface area contributed by atoms with Crippen LogP contribution in [0.3, 0.4) is 0 Å². The van der Waals surface area contributed by atoms with E-state index in [4.69, 9.17) is 4.74 Å². The zero-order valence-electron chi connectivity index (χ0n) is 11.1. The molecule has 16 heavy (non-hydrogen) atoms. The van der Waals surface area contributed by atoms with Crippen LogP contribution in [0.15, 0.2) is 0 Å². The molecular weight excluding hydrogens is 206 g/mol. The number of hydrogen-bond donors (Lipinski definition) is 2. The van der Waals surface area contributed by atoms with Crippen molar-refractivity contribution >= 4 is 5.91 Å². The summed E-state index contributed by atoms with van der Waals surface area (Å²) in [6.45, 7) is 7.62. The Bertz CT molecular complexity index is 214. The van der Waals surface area contributed by atoms with Gasteiger partial charge >= 0.3 is 0 Å². The van der Waals surface area contributed by atoms with Crippen LogP contribution >= 0.6 is 0 Å². The lowest BCUT2D eigenvalue weighted by Gasteiger charge is -2.32. The molecule has 0 fully saturated rings. The second kappa shape index (κ2) is 6.21. The number of hydrogen-bond acceptors (Lipinski definition) is 3. The van der Waals surface area contributed by atoms with E-state index in [2.05, 4.69) is 5.32 Å². The van der Waals surface area contributed by atoms with Crippen molar-refractivity contribution in [1.29, 1.82) is 0 Å². The second-order valence-electron chi connectivity index (χ2n) is 4.83. The largest absolute Gasteiger partial charge is 0.394 e. The molecule has 0 aromatic carbocycles. The third-order valence-corrected chi connectivity index (χ3v) is 3.20. The van der Waals surface area contributed by atoms with Gasteiger partial charge in [-0.15, -0.1) is 0 Å². The van der Waals surface area contributed by atoms with Crippen LogP contribution in [0.4, 0.5) is 0 Å². The Balaban J connectivity index is 4.42. The number of aliphatic hydroxyl groups excluding tert-OH is 1. The van der Waals surface area contributed by atoms with Gasteiger partial charge in [0, 0.05) is 7.11 Å². The first-order valence-electron chi connectivity index (χ1n) is 5.81. The Morgan fingerprint density at radius 2 is 1.81 bits per heavy atom. The van der Waals surface area contributed by atoms with Crippen LogP contribution in [0, 0.1) is 0 Å². The Morgan fingerprint density at radius 1 is 1.31 bits per heavy atom. The van der Waals surface area contributed by atoms with Crippen LogP contribution in [0.2, 0.25) is 0 Å². The van der Waals surface area contributed by atoms with Crippen molar-refractivity contribution in [3.63, 3.8) is 0 Å². The number of nitrogens with one attached hydrogen (secondary N) is 1. The molecule has 0 heterocycles. The number of ether oxygens (including phenoxy) is 1. The van der Waals surface area contributed by atoms with Gasteiger partial charge in [0.25, 0.3) is 0 Å². The van der Waals surface area contributed by atoms with Gasteiger partial charge in [0.15, 0.2) is 0 Å². The Labute approximate surface area is 98.4 Å². The molecule has 0 saturated carbocycles. The van der Waals surface area contributed by atoms with E-state index in [1.165, 1.54) is 0 Å². The van der Waals surface area contributed by atoms with Crippen LogP contribution in [0.1, 0.15) is 47.0 Å². The summed E-state index contributed by atoms with van der Waals surface area (Å²) in [6, 6.07) is 0. The van der Waals surface area contributed by atoms with E-state index < -0.39 is 11.1 Å². The summed E-state index contributed by atoms with van der Waals surface area (Å²) in [7, 11) is 1.59. The molecule has 0 rings (SSSR count). The molecule has 0 aliphatic rings. The monoisotopic (exact) mass is 231 g/mol. The summed E-state index contributed by atoms with van der Waals surface area (Å²) < 4.78 is 5.20. The molecule has 0 saturated heterocycles. The zero-order valence-corrected chi connectivity index (χ0v) is 11.1. The fraction of sp³-hybridized carbons (Fsp3) is 0.917. The van der Waals surface area contributed by atoms with E-state index in [-0.39, 0.29) is 12.5 Å². The first-order chi connectivity index (χ1) is 7.34. The van der Waals surface area contributed by atoms with Crippen molar-refractivity contribution < 1.29 is 14.6 Å². The number of aliphatic hydroxyl groups is 1. The van der Waals surface area contributed by atoms with E-state index >= 15 is 0 Å². The maximum absolute atomic E-state index is 11.8. The number of methoxy groups -OCH3 is 1. The first kappa shape index (κ1) is 15.4. The van der Waals surface area contributed by atoms with Crippen LogP contribution in [0.5, 0.6) is 0 Å². The lowest BCUT2D eigenvalue weighted by atomic mass is 9.93. The van der Waals surface area contributed by atoms with Crippen LogP contribution in [-0.2, 0) is 9.53 Å². The molecule has 0 aromatic rings. The summed E-state index contributed by atoms with van der Waals surface area (Å²) in [5.74, 6) is -0.0791. The van der Waals surface area contributed by atoms with Crippen molar-refractivity contribution in [1.82, 2.24) is 5.32 Å². The first-order valence-corrected chi connectivity index (χ1v) is 5.81. The number of rotatable bonds is 7. The molecular formula is C12H25NO3. The third kappa shape index (κ3) is 4.49. The van der Waals surface area contributed by atoms with Gasteiger partial charge in [-0.05, 0) is 26.7 Å². The molecule has 0 aliphatic heterocycles. The Kier molecular flexibility index (Phi) is 5.97. The average Bonchev–Trinajstić information content (AvgIpc) is 2.25. The number of amides is 1. The smallest absolute Gasteiger partial charge is 0.223 e. The molecule has 96 valence electrons. The van der Waals surface area contributed by atoms with Gasteiger partial charge in [0.1, 0.15) is 0 Å². The highest BCUT2D eigenvalue weighted by Crippen LogP contribution is 2.17. The van der Waals surface area contributed by atoms with Crippen LogP contribution in [0.25, 0.3) is 0 Å². The summed E-state index contributed by atoms with van der Waals surface area (Å²) in [6.07, 6.45) is 1.74. The molecule has 2 N–H and O–H groups in total. The van der Waals surface area contributed by atoms with Crippen molar-refractivity contribution in [2.45, 2.75) is 58.1 Å². The highest BCUT2D eigenvalue weighted by atomic mass is 16.5. The van der Waals surface area contributed by atoms with Crippen LogP contribution in [-0.4, -0.2) is 35.9 Å². The second-order valence-corrected chi connectivity index (χ2v) is 4.83. The maximum atomic E-state index is 11.8. The predicted molar refractivity (Wildman–Crippen MR) is 64.2 cm³/mol. The van der Waals surface area contributed by atoms with Crippen molar-refractivity contribution in [3.8, 4) is 0 Å². The summed E-state index contributed by atoms with van der Waals surface area (Å²) >= 11 is 0. The fourth-order valence-corrected chi connectivity index (χ4v) is 1.49. The van der Waals surface area contributed by atoms with Gasteiger partial charge in [0.05, 0.1) is 24.2 Å². The highest BCUT2D eigenvalue weighted by Gasteiger charge is 2.29. The molecule has 0 aliphatic carbocycles. The van der Waals surface area contributed by atoms with E-state index in [1.54, 1.807) is 7.11 Å². The van der Waals surface area contributed by atoms with E-state index in [0.717, 1.165) is 12.8 Å². The topological polar surface area (TPSA) is 58.6 Å². The minimum atomic E-state index is -0.485. The lowest BCUT2D eigenvalue weighted by molar-refractivity contribution is -0.128. The van der Waals surface area contributed by atoms with Gasteiger partial charge in [0.2, 0.25) is 5.91 Å². The van der Waals surface area contributed by atoms with Gasteiger partial charge in [-0.25, -0.2) is 0 Å². The standard InChI is InChI=1S/C12H25NO3/c1-6-12(7-2,9-14)13-10(15)8-11(3,4)16-5/h14H,6-9H2,1-5H3,(H,13,15). The molecule has 0 spiro atoms. The Hall–Kier alpha value is -0.610. The summed E-state index contributed by atoms with van der Waals surface area (Å²) in [5.41, 5.74) is -0.951. The molecule has 0 unspecified atom stereocenters. The minimum Gasteiger partial charge on any atom is -0.394 e. The zero-order chi connectivity index (χ0) is 12.8.